The third-order valence-corrected chi connectivity index (χ3v) is 4.00. The molecular weight excluding hydrogens is 292 g/mol. The summed E-state index contributed by atoms with van der Waals surface area (Å²) in [6.45, 7) is 6.73. The SMILES string of the molecule is CCCOc1ccc(N2CC(N)CC(CC(=O)OCC)C2)cc1. The lowest BCUT2D eigenvalue weighted by Crippen LogP contribution is -2.47. The Morgan fingerprint density at radius 2 is 2.00 bits per heavy atom. The van der Waals surface area contributed by atoms with Crippen LogP contribution in [-0.4, -0.2) is 38.3 Å². The number of carbonyl (C=O) groups excluding carboxylic acids is 1. The predicted molar refractivity (Wildman–Crippen MR) is 91.8 cm³/mol. The monoisotopic (exact) mass is 320 g/mol. The number of benzene rings is 1. The smallest absolute Gasteiger partial charge is 0.306 e. The minimum absolute atomic E-state index is 0.0826. The van der Waals surface area contributed by atoms with E-state index in [9.17, 15) is 4.79 Å². The molecule has 1 heterocycles. The van der Waals surface area contributed by atoms with Crippen molar-refractivity contribution in [3.63, 3.8) is 0 Å². The van der Waals surface area contributed by atoms with Gasteiger partial charge in [-0.25, -0.2) is 0 Å². The van der Waals surface area contributed by atoms with Gasteiger partial charge in [0.25, 0.3) is 0 Å². The highest BCUT2D eigenvalue weighted by Gasteiger charge is 2.27. The van der Waals surface area contributed by atoms with E-state index in [4.69, 9.17) is 15.2 Å². The maximum atomic E-state index is 11.7. The van der Waals surface area contributed by atoms with Crippen LogP contribution >= 0.6 is 0 Å². The van der Waals surface area contributed by atoms with Crippen molar-refractivity contribution in [2.75, 3.05) is 31.2 Å². The van der Waals surface area contributed by atoms with Crippen LogP contribution in [0.5, 0.6) is 5.75 Å². The molecule has 0 aliphatic carbocycles. The van der Waals surface area contributed by atoms with Crippen molar-refractivity contribution in [2.45, 2.75) is 39.2 Å². The molecule has 0 bridgehead atoms. The average Bonchev–Trinajstić information content (AvgIpc) is 2.53. The Morgan fingerprint density at radius 1 is 1.26 bits per heavy atom. The first kappa shape index (κ1) is 17.6. The number of nitrogens with zero attached hydrogens (tertiary/aromatic N) is 1. The maximum Gasteiger partial charge on any atom is 0.306 e. The second-order valence-corrected chi connectivity index (χ2v) is 6.12. The Balaban J connectivity index is 1.96. The Morgan fingerprint density at radius 3 is 2.65 bits per heavy atom. The van der Waals surface area contributed by atoms with E-state index in [0.29, 0.717) is 13.0 Å². The summed E-state index contributed by atoms with van der Waals surface area (Å²) in [6, 6.07) is 8.19. The van der Waals surface area contributed by atoms with E-state index in [2.05, 4.69) is 24.0 Å². The quantitative estimate of drug-likeness (QED) is 0.782. The number of ether oxygens (including phenoxy) is 2. The number of carbonyl (C=O) groups is 1. The molecule has 128 valence electrons. The predicted octanol–water partition coefficient (Wildman–Crippen LogP) is 2.58. The summed E-state index contributed by atoms with van der Waals surface area (Å²) in [5.74, 6) is 1.00. The zero-order chi connectivity index (χ0) is 16.7. The second-order valence-electron chi connectivity index (χ2n) is 6.12. The number of nitrogens with two attached hydrogens (primary N) is 1. The minimum atomic E-state index is -0.130. The number of hydrogen-bond donors (Lipinski definition) is 1. The molecule has 2 atom stereocenters. The lowest BCUT2D eigenvalue weighted by Gasteiger charge is -2.37. The van der Waals surface area contributed by atoms with Gasteiger partial charge in [0, 0.05) is 24.8 Å². The van der Waals surface area contributed by atoms with Crippen LogP contribution in [0, 0.1) is 5.92 Å². The van der Waals surface area contributed by atoms with Crippen LogP contribution in [0.2, 0.25) is 0 Å². The fourth-order valence-corrected chi connectivity index (χ4v) is 3.03. The lowest BCUT2D eigenvalue weighted by molar-refractivity contribution is -0.144. The number of rotatable bonds is 7. The fraction of sp³-hybridized carbons (Fsp3) is 0.611. The third kappa shape index (κ3) is 5.43. The lowest BCUT2D eigenvalue weighted by atomic mass is 9.91. The third-order valence-electron chi connectivity index (χ3n) is 4.00. The van der Waals surface area contributed by atoms with Crippen molar-refractivity contribution in [1.29, 1.82) is 0 Å². The van der Waals surface area contributed by atoms with Gasteiger partial charge in [-0.2, -0.15) is 0 Å². The zero-order valence-electron chi connectivity index (χ0n) is 14.2. The molecule has 1 aromatic rings. The Bertz CT molecular complexity index is 490. The molecule has 1 fully saturated rings. The summed E-state index contributed by atoms with van der Waals surface area (Å²) >= 11 is 0. The molecule has 5 heteroatoms. The van der Waals surface area contributed by atoms with Gasteiger partial charge in [-0.3, -0.25) is 4.79 Å². The van der Waals surface area contributed by atoms with Crippen LogP contribution in [-0.2, 0) is 9.53 Å². The molecular formula is C18H28N2O3. The van der Waals surface area contributed by atoms with Gasteiger partial charge in [-0.05, 0) is 49.9 Å². The van der Waals surface area contributed by atoms with Gasteiger partial charge in [0.2, 0.25) is 0 Å². The molecule has 0 radical (unpaired) electrons. The van der Waals surface area contributed by atoms with E-state index in [1.165, 1.54) is 0 Å². The Labute approximate surface area is 138 Å². The Kier molecular flexibility index (Phi) is 6.71. The van der Waals surface area contributed by atoms with E-state index in [0.717, 1.165) is 44.0 Å². The topological polar surface area (TPSA) is 64.8 Å². The maximum absolute atomic E-state index is 11.7. The van der Waals surface area contributed by atoms with Gasteiger partial charge < -0.3 is 20.1 Å². The molecule has 0 spiro atoms. The summed E-state index contributed by atoms with van der Waals surface area (Å²) in [5, 5.41) is 0. The first-order valence-corrected chi connectivity index (χ1v) is 8.51. The zero-order valence-corrected chi connectivity index (χ0v) is 14.2. The van der Waals surface area contributed by atoms with Crippen molar-refractivity contribution in [3.8, 4) is 5.75 Å². The highest BCUT2D eigenvalue weighted by molar-refractivity contribution is 5.69. The molecule has 1 aromatic carbocycles. The number of hydrogen-bond acceptors (Lipinski definition) is 5. The van der Waals surface area contributed by atoms with Crippen LogP contribution in [0.3, 0.4) is 0 Å². The van der Waals surface area contributed by atoms with E-state index in [1.54, 1.807) is 0 Å². The molecule has 0 saturated carbocycles. The number of esters is 1. The van der Waals surface area contributed by atoms with E-state index in [1.807, 2.05) is 19.1 Å². The van der Waals surface area contributed by atoms with E-state index < -0.39 is 0 Å². The summed E-state index contributed by atoms with van der Waals surface area (Å²) in [4.78, 5) is 14.0. The summed E-state index contributed by atoms with van der Waals surface area (Å²) in [7, 11) is 0. The largest absolute Gasteiger partial charge is 0.494 e. The van der Waals surface area contributed by atoms with E-state index >= 15 is 0 Å². The van der Waals surface area contributed by atoms with Gasteiger partial charge in [0.15, 0.2) is 0 Å². The first-order valence-electron chi connectivity index (χ1n) is 8.51. The highest BCUT2D eigenvalue weighted by atomic mass is 16.5. The highest BCUT2D eigenvalue weighted by Crippen LogP contribution is 2.26. The van der Waals surface area contributed by atoms with Gasteiger partial charge in [-0.1, -0.05) is 6.92 Å². The van der Waals surface area contributed by atoms with Crippen LogP contribution in [0.1, 0.15) is 33.1 Å². The Hall–Kier alpha value is -1.75. The molecule has 2 unspecified atom stereocenters. The minimum Gasteiger partial charge on any atom is -0.494 e. The second kappa shape index (κ2) is 8.77. The van der Waals surface area contributed by atoms with Crippen molar-refractivity contribution >= 4 is 11.7 Å². The molecule has 2 N–H and O–H groups in total. The van der Waals surface area contributed by atoms with Crippen LogP contribution < -0.4 is 15.4 Å². The van der Waals surface area contributed by atoms with Gasteiger partial charge in [0.1, 0.15) is 5.75 Å². The summed E-state index contributed by atoms with van der Waals surface area (Å²) in [6.07, 6.45) is 2.31. The van der Waals surface area contributed by atoms with E-state index in [-0.39, 0.29) is 17.9 Å². The van der Waals surface area contributed by atoms with Gasteiger partial charge >= 0.3 is 5.97 Å². The van der Waals surface area contributed by atoms with Crippen molar-refractivity contribution < 1.29 is 14.3 Å². The molecule has 1 aliphatic rings. The van der Waals surface area contributed by atoms with Gasteiger partial charge in [0.05, 0.1) is 19.6 Å². The molecule has 2 rings (SSSR count). The summed E-state index contributed by atoms with van der Waals surface area (Å²) < 4.78 is 10.7. The van der Waals surface area contributed by atoms with Crippen LogP contribution in [0.15, 0.2) is 24.3 Å². The molecule has 5 nitrogen and oxygen atoms in total. The molecule has 1 aliphatic heterocycles. The van der Waals surface area contributed by atoms with Crippen molar-refractivity contribution in [2.24, 2.45) is 11.7 Å². The average molecular weight is 320 g/mol. The molecule has 0 amide bonds. The van der Waals surface area contributed by atoms with Crippen LogP contribution in [0.25, 0.3) is 0 Å². The van der Waals surface area contributed by atoms with Crippen molar-refractivity contribution in [1.82, 2.24) is 0 Å². The first-order chi connectivity index (χ1) is 11.1. The molecule has 1 saturated heterocycles. The molecule has 0 aromatic heterocycles. The van der Waals surface area contributed by atoms with Gasteiger partial charge in [-0.15, -0.1) is 0 Å². The number of anilines is 1. The standard InChI is InChI=1S/C18H28N2O3/c1-3-9-23-17-7-5-16(6-8-17)20-12-14(10-15(19)13-20)11-18(21)22-4-2/h5-8,14-15H,3-4,9-13,19H2,1-2H3. The normalized spacial score (nSPS) is 21.1. The molecule has 23 heavy (non-hydrogen) atoms. The fourth-order valence-electron chi connectivity index (χ4n) is 3.03. The van der Waals surface area contributed by atoms with Crippen LogP contribution in [0.4, 0.5) is 5.69 Å². The van der Waals surface area contributed by atoms with Crippen molar-refractivity contribution in [3.05, 3.63) is 24.3 Å². The number of piperidine rings is 1. The summed E-state index contributed by atoms with van der Waals surface area (Å²) in [5.41, 5.74) is 7.30.